The maximum Gasteiger partial charge on any atom is 0.196 e. The molecule has 2 aliphatic rings. The standard InChI is InChI=1S/C16H24N4O/c1-12-10-16(8-9-19(12)2)11-18-15(17)20(16)13-4-6-14(21-3)7-5-13/h4-7,12H,8-11H2,1-3H3,(H2,17,18). The number of rotatable bonds is 2. The van der Waals surface area contributed by atoms with Crippen LogP contribution in [-0.2, 0) is 0 Å². The summed E-state index contributed by atoms with van der Waals surface area (Å²) in [5.41, 5.74) is 7.33. The second-order valence-electron chi connectivity index (χ2n) is 6.22. The molecule has 0 aromatic heterocycles. The third-order valence-corrected chi connectivity index (χ3v) is 4.93. The lowest BCUT2D eigenvalue weighted by Gasteiger charge is -2.47. The molecule has 0 aliphatic carbocycles. The molecular formula is C16H24N4O. The number of guanidine groups is 1. The zero-order valence-electron chi connectivity index (χ0n) is 13.0. The molecule has 1 aromatic rings. The first kappa shape index (κ1) is 14.2. The summed E-state index contributed by atoms with van der Waals surface area (Å²) in [5, 5.41) is 0. The van der Waals surface area contributed by atoms with E-state index in [1.54, 1.807) is 7.11 Å². The fraction of sp³-hybridized carbons (Fsp3) is 0.562. The van der Waals surface area contributed by atoms with Gasteiger partial charge in [-0.05, 0) is 51.1 Å². The summed E-state index contributed by atoms with van der Waals surface area (Å²) in [6.07, 6.45) is 2.17. The topological polar surface area (TPSA) is 54.1 Å². The number of ether oxygens (including phenoxy) is 1. The quantitative estimate of drug-likeness (QED) is 0.899. The van der Waals surface area contributed by atoms with Gasteiger partial charge < -0.3 is 20.3 Å². The first-order chi connectivity index (χ1) is 10.1. The van der Waals surface area contributed by atoms with E-state index in [4.69, 9.17) is 10.5 Å². The monoisotopic (exact) mass is 288 g/mol. The maximum absolute atomic E-state index is 6.20. The lowest BCUT2D eigenvalue weighted by Crippen LogP contribution is -2.59. The first-order valence-corrected chi connectivity index (χ1v) is 7.50. The van der Waals surface area contributed by atoms with E-state index in [9.17, 15) is 0 Å². The Labute approximate surface area is 126 Å². The van der Waals surface area contributed by atoms with Crippen LogP contribution in [0.15, 0.2) is 29.3 Å². The van der Waals surface area contributed by atoms with Crippen LogP contribution in [0.1, 0.15) is 19.8 Å². The molecule has 0 radical (unpaired) electrons. The number of methoxy groups -OCH3 is 1. The molecule has 0 amide bonds. The largest absolute Gasteiger partial charge is 0.497 e. The Morgan fingerprint density at radius 3 is 2.67 bits per heavy atom. The van der Waals surface area contributed by atoms with Gasteiger partial charge in [-0.1, -0.05) is 0 Å². The minimum Gasteiger partial charge on any atom is -0.497 e. The van der Waals surface area contributed by atoms with Gasteiger partial charge in [0.05, 0.1) is 19.2 Å². The highest BCUT2D eigenvalue weighted by Gasteiger charge is 2.46. The number of hydrogen-bond acceptors (Lipinski definition) is 5. The predicted molar refractivity (Wildman–Crippen MR) is 86.0 cm³/mol. The third kappa shape index (κ3) is 2.35. The van der Waals surface area contributed by atoms with Crippen LogP contribution in [0.2, 0.25) is 0 Å². The van der Waals surface area contributed by atoms with Gasteiger partial charge >= 0.3 is 0 Å². The average Bonchev–Trinajstić information content (AvgIpc) is 2.80. The number of hydrogen-bond donors (Lipinski definition) is 1. The molecule has 0 saturated carbocycles. The van der Waals surface area contributed by atoms with Crippen LogP contribution in [0.4, 0.5) is 5.69 Å². The molecule has 2 aliphatic heterocycles. The molecule has 5 heteroatoms. The highest BCUT2D eigenvalue weighted by molar-refractivity contribution is 5.98. The lowest BCUT2D eigenvalue weighted by atomic mass is 9.82. The van der Waals surface area contributed by atoms with E-state index >= 15 is 0 Å². The van der Waals surface area contributed by atoms with Crippen LogP contribution in [0.3, 0.4) is 0 Å². The van der Waals surface area contributed by atoms with Gasteiger partial charge in [0.15, 0.2) is 5.96 Å². The molecule has 2 N–H and O–H groups in total. The van der Waals surface area contributed by atoms with Crippen molar-refractivity contribution in [2.45, 2.75) is 31.3 Å². The highest BCUT2D eigenvalue weighted by Crippen LogP contribution is 2.38. The lowest BCUT2D eigenvalue weighted by molar-refractivity contribution is 0.141. The summed E-state index contributed by atoms with van der Waals surface area (Å²) in [4.78, 5) is 9.18. The Morgan fingerprint density at radius 2 is 2.05 bits per heavy atom. The van der Waals surface area contributed by atoms with E-state index < -0.39 is 0 Å². The molecule has 21 heavy (non-hydrogen) atoms. The smallest absolute Gasteiger partial charge is 0.196 e. The van der Waals surface area contributed by atoms with Crippen molar-refractivity contribution in [3.8, 4) is 5.75 Å². The van der Waals surface area contributed by atoms with E-state index in [-0.39, 0.29) is 5.54 Å². The first-order valence-electron chi connectivity index (χ1n) is 7.50. The maximum atomic E-state index is 6.20. The Balaban J connectivity index is 1.91. The van der Waals surface area contributed by atoms with Gasteiger partial charge in [-0.3, -0.25) is 4.99 Å². The van der Waals surface area contributed by atoms with Crippen molar-refractivity contribution < 1.29 is 4.74 Å². The Morgan fingerprint density at radius 1 is 1.33 bits per heavy atom. The van der Waals surface area contributed by atoms with Gasteiger partial charge in [0.2, 0.25) is 0 Å². The van der Waals surface area contributed by atoms with Crippen LogP contribution in [0.5, 0.6) is 5.75 Å². The summed E-state index contributed by atoms with van der Waals surface area (Å²) >= 11 is 0. The van der Waals surface area contributed by atoms with Gasteiger partial charge in [0, 0.05) is 18.3 Å². The summed E-state index contributed by atoms with van der Waals surface area (Å²) in [5.74, 6) is 1.50. The van der Waals surface area contributed by atoms with Crippen molar-refractivity contribution in [3.05, 3.63) is 24.3 Å². The summed E-state index contributed by atoms with van der Waals surface area (Å²) < 4.78 is 5.24. The minimum absolute atomic E-state index is 0.0323. The van der Waals surface area contributed by atoms with Gasteiger partial charge in [-0.2, -0.15) is 0 Å². The van der Waals surface area contributed by atoms with Crippen molar-refractivity contribution in [1.29, 1.82) is 0 Å². The number of aliphatic imine (C=N–C) groups is 1. The van der Waals surface area contributed by atoms with Crippen molar-refractivity contribution in [2.24, 2.45) is 10.7 Å². The number of nitrogens with two attached hydrogens (primary N) is 1. The number of piperidine rings is 1. The van der Waals surface area contributed by atoms with Crippen LogP contribution >= 0.6 is 0 Å². The Kier molecular flexibility index (Phi) is 3.53. The van der Waals surface area contributed by atoms with Crippen LogP contribution in [0, 0.1) is 0 Å². The van der Waals surface area contributed by atoms with Crippen molar-refractivity contribution in [2.75, 3.05) is 32.1 Å². The Bertz CT molecular complexity index is 542. The normalized spacial score (nSPS) is 29.8. The van der Waals surface area contributed by atoms with Crippen LogP contribution in [-0.4, -0.2) is 49.7 Å². The molecule has 5 nitrogen and oxygen atoms in total. The molecule has 1 aromatic carbocycles. The van der Waals surface area contributed by atoms with Crippen molar-refractivity contribution in [3.63, 3.8) is 0 Å². The van der Waals surface area contributed by atoms with E-state index in [1.807, 2.05) is 12.1 Å². The SMILES string of the molecule is COc1ccc(N2C(N)=NCC23CCN(C)C(C)C3)cc1. The number of anilines is 1. The third-order valence-electron chi connectivity index (χ3n) is 4.93. The summed E-state index contributed by atoms with van der Waals surface area (Å²) in [6.45, 7) is 4.15. The molecule has 2 unspecified atom stereocenters. The molecule has 1 spiro atoms. The van der Waals surface area contributed by atoms with Gasteiger partial charge in [-0.25, -0.2) is 0 Å². The predicted octanol–water partition coefficient (Wildman–Crippen LogP) is 1.68. The van der Waals surface area contributed by atoms with Crippen molar-refractivity contribution >= 4 is 11.6 Å². The fourth-order valence-electron chi connectivity index (χ4n) is 3.51. The molecular weight excluding hydrogens is 264 g/mol. The summed E-state index contributed by atoms with van der Waals surface area (Å²) in [7, 11) is 3.87. The highest BCUT2D eigenvalue weighted by atomic mass is 16.5. The second kappa shape index (κ2) is 5.22. The molecule has 114 valence electrons. The zero-order valence-corrected chi connectivity index (χ0v) is 13.0. The minimum atomic E-state index is 0.0323. The molecule has 1 saturated heterocycles. The average molecular weight is 288 g/mol. The number of likely N-dealkylation sites (tertiary alicyclic amines) is 1. The molecule has 3 rings (SSSR count). The molecule has 1 fully saturated rings. The van der Waals surface area contributed by atoms with E-state index in [2.05, 4.69) is 40.9 Å². The number of nitrogens with zero attached hydrogens (tertiary/aromatic N) is 3. The van der Waals surface area contributed by atoms with Crippen molar-refractivity contribution in [1.82, 2.24) is 4.90 Å². The van der Waals surface area contributed by atoms with E-state index in [0.29, 0.717) is 12.0 Å². The van der Waals surface area contributed by atoms with E-state index in [1.165, 1.54) is 0 Å². The van der Waals surface area contributed by atoms with Gasteiger partial charge in [0.1, 0.15) is 5.75 Å². The molecule has 0 bridgehead atoms. The van der Waals surface area contributed by atoms with E-state index in [0.717, 1.165) is 37.4 Å². The number of benzene rings is 1. The van der Waals surface area contributed by atoms with Gasteiger partial charge in [-0.15, -0.1) is 0 Å². The molecule has 2 heterocycles. The molecule has 2 atom stereocenters. The fourth-order valence-corrected chi connectivity index (χ4v) is 3.51. The Hall–Kier alpha value is -1.75. The summed E-state index contributed by atoms with van der Waals surface area (Å²) in [6, 6.07) is 8.63. The zero-order chi connectivity index (χ0) is 15.0. The van der Waals surface area contributed by atoms with Crippen LogP contribution < -0.4 is 15.4 Å². The second-order valence-corrected chi connectivity index (χ2v) is 6.22. The van der Waals surface area contributed by atoms with Crippen LogP contribution in [0.25, 0.3) is 0 Å². The van der Waals surface area contributed by atoms with Gasteiger partial charge in [0.25, 0.3) is 0 Å².